The number of urea groups is 1. The normalized spacial score (nSPS) is 21.7. The second kappa shape index (κ2) is 10.3. The molecule has 1 saturated heterocycles. The van der Waals surface area contributed by atoms with Crippen molar-refractivity contribution in [2.75, 3.05) is 11.9 Å². The van der Waals surface area contributed by atoms with E-state index in [1.165, 1.54) is 12.1 Å². The number of anilines is 1. The van der Waals surface area contributed by atoms with Gasteiger partial charge < -0.3 is 20.5 Å². The summed E-state index contributed by atoms with van der Waals surface area (Å²) in [5, 5.41) is 23.2. The lowest BCUT2D eigenvalue weighted by Crippen LogP contribution is -2.52. The smallest absolute Gasteiger partial charge is 0.319 e. The van der Waals surface area contributed by atoms with Crippen LogP contribution in [0.25, 0.3) is 0 Å². The predicted molar refractivity (Wildman–Crippen MR) is 106 cm³/mol. The fourth-order valence-electron chi connectivity index (χ4n) is 3.49. The third kappa shape index (κ3) is 5.98. The molecular formula is C20H28FN5O3. The lowest BCUT2D eigenvalue weighted by Gasteiger charge is -2.36. The molecule has 1 aromatic heterocycles. The number of aliphatic hydroxyl groups excluding tert-OH is 1. The number of aliphatic hydroxyl groups is 1. The molecule has 0 saturated carbocycles. The summed E-state index contributed by atoms with van der Waals surface area (Å²) in [6, 6.07) is 5.10. The van der Waals surface area contributed by atoms with Crippen molar-refractivity contribution in [3.63, 3.8) is 0 Å². The lowest BCUT2D eigenvalue weighted by molar-refractivity contribution is -0.0905. The van der Waals surface area contributed by atoms with E-state index >= 15 is 0 Å². The highest BCUT2D eigenvalue weighted by molar-refractivity contribution is 5.89. The van der Waals surface area contributed by atoms with Gasteiger partial charge in [-0.15, -0.1) is 5.10 Å². The van der Waals surface area contributed by atoms with E-state index in [9.17, 15) is 14.3 Å². The molecule has 0 unspecified atom stereocenters. The molecule has 9 heteroatoms. The average molecular weight is 405 g/mol. The van der Waals surface area contributed by atoms with Gasteiger partial charge in [-0.1, -0.05) is 30.7 Å². The Hall–Kier alpha value is -2.52. The van der Waals surface area contributed by atoms with Gasteiger partial charge >= 0.3 is 6.03 Å². The van der Waals surface area contributed by atoms with Crippen molar-refractivity contribution in [1.82, 2.24) is 20.3 Å². The number of aromatic nitrogens is 3. The largest absolute Gasteiger partial charge is 0.394 e. The highest BCUT2D eigenvalue weighted by atomic mass is 19.1. The molecule has 0 radical (unpaired) electrons. The molecule has 3 rings (SSSR count). The van der Waals surface area contributed by atoms with Crippen LogP contribution < -0.4 is 10.6 Å². The highest BCUT2D eigenvalue weighted by Crippen LogP contribution is 2.23. The first-order valence-corrected chi connectivity index (χ1v) is 10.1. The number of carbonyl (C=O) groups excluding carboxylic acids is 1. The highest BCUT2D eigenvalue weighted by Gasteiger charge is 2.32. The number of carbonyl (C=O) groups is 1. The molecule has 1 aliphatic heterocycles. The number of hydrogen-bond acceptors (Lipinski definition) is 5. The molecular weight excluding hydrogens is 377 g/mol. The third-order valence-electron chi connectivity index (χ3n) is 5.01. The van der Waals surface area contributed by atoms with Gasteiger partial charge in [-0.3, -0.25) is 4.68 Å². The Balaban J connectivity index is 1.47. The van der Waals surface area contributed by atoms with Crippen LogP contribution in [0.1, 0.15) is 38.3 Å². The minimum atomic E-state index is -0.522. The van der Waals surface area contributed by atoms with Crippen LogP contribution in [0.15, 0.2) is 30.5 Å². The van der Waals surface area contributed by atoms with Crippen LogP contribution in [-0.2, 0) is 17.7 Å². The molecule has 1 fully saturated rings. The third-order valence-corrected chi connectivity index (χ3v) is 5.01. The molecule has 2 amide bonds. The molecule has 2 heterocycles. The summed E-state index contributed by atoms with van der Waals surface area (Å²) >= 11 is 0. The van der Waals surface area contributed by atoms with Crippen molar-refractivity contribution in [3.8, 4) is 0 Å². The number of amides is 2. The number of aryl methyl sites for hydroxylation is 2. The number of hydrogen-bond donors (Lipinski definition) is 3. The Bertz CT molecular complexity index is 800. The number of rotatable bonds is 8. The fourth-order valence-corrected chi connectivity index (χ4v) is 3.49. The van der Waals surface area contributed by atoms with Gasteiger partial charge in [0.05, 0.1) is 30.1 Å². The monoisotopic (exact) mass is 405 g/mol. The maximum atomic E-state index is 13.7. The van der Waals surface area contributed by atoms with E-state index in [1.54, 1.807) is 12.1 Å². The van der Waals surface area contributed by atoms with Crippen LogP contribution in [-0.4, -0.2) is 51.0 Å². The first kappa shape index (κ1) is 21.2. The first-order chi connectivity index (χ1) is 14.1. The van der Waals surface area contributed by atoms with Crippen LogP contribution in [0.2, 0.25) is 0 Å². The maximum Gasteiger partial charge on any atom is 0.319 e. The van der Waals surface area contributed by atoms with E-state index in [0.29, 0.717) is 13.0 Å². The first-order valence-electron chi connectivity index (χ1n) is 10.1. The zero-order chi connectivity index (χ0) is 20.6. The van der Waals surface area contributed by atoms with Gasteiger partial charge in [-0.2, -0.15) is 0 Å². The molecule has 8 nitrogen and oxygen atoms in total. The molecule has 0 aliphatic carbocycles. The molecule has 1 aliphatic rings. The summed E-state index contributed by atoms with van der Waals surface area (Å²) in [4.78, 5) is 12.2. The van der Waals surface area contributed by atoms with Gasteiger partial charge in [0.1, 0.15) is 11.9 Å². The summed E-state index contributed by atoms with van der Waals surface area (Å²) in [7, 11) is 0. The topological polar surface area (TPSA) is 101 Å². The predicted octanol–water partition coefficient (Wildman–Crippen LogP) is 2.49. The molecule has 29 heavy (non-hydrogen) atoms. The van der Waals surface area contributed by atoms with Crippen molar-refractivity contribution in [1.29, 1.82) is 0 Å². The maximum absolute atomic E-state index is 13.7. The molecule has 0 bridgehead atoms. The van der Waals surface area contributed by atoms with Gasteiger partial charge in [0, 0.05) is 12.7 Å². The van der Waals surface area contributed by atoms with Crippen molar-refractivity contribution < 1.29 is 19.0 Å². The average Bonchev–Trinajstić information content (AvgIpc) is 3.17. The van der Waals surface area contributed by atoms with E-state index in [4.69, 9.17) is 4.74 Å². The number of nitrogens with one attached hydrogen (secondary N) is 2. The van der Waals surface area contributed by atoms with Crippen LogP contribution >= 0.6 is 0 Å². The summed E-state index contributed by atoms with van der Waals surface area (Å²) in [5.74, 6) is -0.503. The summed E-state index contributed by atoms with van der Waals surface area (Å²) in [5.41, 5.74) is 1.09. The molecule has 3 atom stereocenters. The van der Waals surface area contributed by atoms with E-state index < -0.39 is 18.0 Å². The van der Waals surface area contributed by atoms with Crippen molar-refractivity contribution in [2.24, 2.45) is 0 Å². The Morgan fingerprint density at radius 1 is 1.38 bits per heavy atom. The number of para-hydroxylation sites is 1. The van der Waals surface area contributed by atoms with Crippen LogP contribution in [0, 0.1) is 5.82 Å². The Kier molecular flexibility index (Phi) is 7.54. The number of halogens is 1. The summed E-state index contributed by atoms with van der Waals surface area (Å²) in [6.45, 7) is 2.58. The molecule has 158 valence electrons. The molecule has 3 N–H and O–H groups in total. The van der Waals surface area contributed by atoms with Gasteiger partial charge in [0.25, 0.3) is 0 Å². The van der Waals surface area contributed by atoms with Gasteiger partial charge in [-0.25, -0.2) is 9.18 Å². The van der Waals surface area contributed by atoms with Crippen molar-refractivity contribution in [2.45, 2.75) is 63.8 Å². The Morgan fingerprint density at radius 3 is 2.97 bits per heavy atom. The number of ether oxygens (including phenoxy) is 1. The molecule has 0 spiro atoms. The van der Waals surface area contributed by atoms with E-state index in [0.717, 1.165) is 31.4 Å². The second-order valence-corrected chi connectivity index (χ2v) is 7.25. The standard InChI is InChI=1S/C20H28FN5O3/c1-2-5-14-12-26(25-24-14)11-10-15-8-9-18(19(13-27)29-15)23-20(28)22-17-7-4-3-6-16(17)21/h3-4,6-7,12,15,18-19,27H,2,5,8-11,13H2,1H3,(H2,22,23,28)/t15-,18-,19-/m1/s1. The van der Waals surface area contributed by atoms with E-state index in [1.807, 2.05) is 10.9 Å². The zero-order valence-corrected chi connectivity index (χ0v) is 16.6. The summed E-state index contributed by atoms with van der Waals surface area (Å²) in [6.07, 6.45) is 5.52. The van der Waals surface area contributed by atoms with Crippen LogP contribution in [0.5, 0.6) is 0 Å². The minimum Gasteiger partial charge on any atom is -0.394 e. The van der Waals surface area contributed by atoms with Gasteiger partial charge in [0.15, 0.2) is 0 Å². The Morgan fingerprint density at radius 2 is 2.21 bits per heavy atom. The number of benzene rings is 1. The van der Waals surface area contributed by atoms with Crippen molar-refractivity contribution in [3.05, 3.63) is 42.0 Å². The molecule has 2 aromatic rings. The zero-order valence-electron chi connectivity index (χ0n) is 16.6. The SMILES string of the molecule is CCCc1cn(CC[C@H]2CC[C@@H](NC(=O)Nc3ccccc3F)[C@@H](CO)O2)nn1. The quantitative estimate of drug-likeness (QED) is 0.626. The lowest BCUT2D eigenvalue weighted by atomic mass is 9.97. The Labute approximate surface area is 169 Å². The fraction of sp³-hybridized carbons (Fsp3) is 0.550. The van der Waals surface area contributed by atoms with E-state index in [-0.39, 0.29) is 24.4 Å². The van der Waals surface area contributed by atoms with Crippen molar-refractivity contribution >= 4 is 11.7 Å². The van der Waals surface area contributed by atoms with E-state index in [2.05, 4.69) is 27.9 Å². The molecule has 1 aromatic carbocycles. The van der Waals surface area contributed by atoms with Gasteiger partial charge in [0.2, 0.25) is 0 Å². The minimum absolute atomic E-state index is 0.0290. The van der Waals surface area contributed by atoms with Crippen LogP contribution in [0.3, 0.4) is 0 Å². The second-order valence-electron chi connectivity index (χ2n) is 7.25. The summed E-state index contributed by atoms with van der Waals surface area (Å²) < 4.78 is 21.5. The van der Waals surface area contributed by atoms with Gasteiger partial charge in [-0.05, 0) is 37.8 Å². The van der Waals surface area contributed by atoms with Crippen LogP contribution in [0.4, 0.5) is 14.9 Å². The number of nitrogens with zero attached hydrogens (tertiary/aromatic N) is 3.